The topological polar surface area (TPSA) is 63.4 Å². The summed E-state index contributed by atoms with van der Waals surface area (Å²) in [5.41, 5.74) is 0.270. The Morgan fingerprint density at radius 2 is 2.06 bits per heavy atom. The second-order valence-electron chi connectivity index (χ2n) is 4.16. The largest absolute Gasteiger partial charge is 0.395 e. The summed E-state index contributed by atoms with van der Waals surface area (Å²) >= 11 is 5.86. The fraction of sp³-hybridized carbons (Fsp3) is 0.500. The summed E-state index contributed by atoms with van der Waals surface area (Å²) in [6.07, 6.45) is 0. The van der Waals surface area contributed by atoms with Crippen molar-refractivity contribution < 1.29 is 5.11 Å². The molecule has 0 aromatic carbocycles. The van der Waals surface area contributed by atoms with E-state index in [4.69, 9.17) is 22.0 Å². The Bertz CT molecular complexity index is 452. The molecule has 18 heavy (non-hydrogen) atoms. The summed E-state index contributed by atoms with van der Waals surface area (Å²) in [6.45, 7) is 4.39. The predicted octanol–water partition coefficient (Wildman–Crippen LogP) is 0.721. The van der Waals surface area contributed by atoms with Gasteiger partial charge in [0.1, 0.15) is 11.9 Å². The second kappa shape index (κ2) is 6.01. The number of nitriles is 1. The zero-order chi connectivity index (χ0) is 13.0. The number of hydrogen-bond donors (Lipinski definition) is 1. The van der Waals surface area contributed by atoms with Crippen molar-refractivity contribution in [1.82, 2.24) is 9.88 Å². The average Bonchev–Trinajstić information content (AvgIpc) is 2.41. The number of aliphatic hydroxyl groups excluding tert-OH is 1. The van der Waals surface area contributed by atoms with Crippen LogP contribution in [0.15, 0.2) is 12.1 Å². The van der Waals surface area contributed by atoms with Gasteiger partial charge < -0.3 is 10.0 Å². The number of aromatic nitrogens is 1. The van der Waals surface area contributed by atoms with E-state index in [9.17, 15) is 0 Å². The van der Waals surface area contributed by atoms with Gasteiger partial charge in [0.2, 0.25) is 0 Å². The van der Waals surface area contributed by atoms with Gasteiger partial charge in [-0.3, -0.25) is 4.90 Å². The Morgan fingerprint density at radius 1 is 1.33 bits per heavy atom. The van der Waals surface area contributed by atoms with Gasteiger partial charge in [0.15, 0.2) is 5.69 Å². The quantitative estimate of drug-likeness (QED) is 0.874. The first-order valence-electron chi connectivity index (χ1n) is 5.89. The molecule has 0 radical (unpaired) electrons. The molecule has 1 aliphatic rings. The van der Waals surface area contributed by atoms with Crippen molar-refractivity contribution in [2.45, 2.75) is 0 Å². The molecule has 1 aromatic heterocycles. The van der Waals surface area contributed by atoms with Crippen LogP contribution in [0.3, 0.4) is 0 Å². The highest BCUT2D eigenvalue weighted by Gasteiger charge is 2.18. The lowest BCUT2D eigenvalue weighted by molar-refractivity contribution is 0.188. The van der Waals surface area contributed by atoms with Gasteiger partial charge in [0.25, 0.3) is 0 Å². The molecule has 0 atom stereocenters. The molecule has 1 aliphatic heterocycles. The standard InChI is InChI=1S/C12H15ClN4O/c13-10-1-2-12(15-11(10)9-14)17-5-3-16(4-6-17)7-8-18/h1-2,18H,3-8H2. The first-order valence-corrected chi connectivity index (χ1v) is 6.27. The number of rotatable bonds is 3. The maximum Gasteiger partial charge on any atom is 0.161 e. The van der Waals surface area contributed by atoms with E-state index in [1.807, 2.05) is 12.1 Å². The molecule has 1 aromatic rings. The fourth-order valence-corrected chi connectivity index (χ4v) is 2.18. The monoisotopic (exact) mass is 266 g/mol. The summed E-state index contributed by atoms with van der Waals surface area (Å²) in [7, 11) is 0. The number of pyridine rings is 1. The van der Waals surface area contributed by atoms with Crippen LogP contribution in [-0.4, -0.2) is 54.3 Å². The lowest BCUT2D eigenvalue weighted by atomic mass is 10.3. The molecular weight excluding hydrogens is 252 g/mol. The Hall–Kier alpha value is -1.35. The zero-order valence-electron chi connectivity index (χ0n) is 10.0. The van der Waals surface area contributed by atoms with Crippen LogP contribution < -0.4 is 4.90 Å². The number of piperazine rings is 1. The van der Waals surface area contributed by atoms with Gasteiger partial charge in [-0.1, -0.05) is 11.6 Å². The van der Waals surface area contributed by atoms with Crippen LogP contribution in [0.1, 0.15) is 5.69 Å². The summed E-state index contributed by atoms with van der Waals surface area (Å²) < 4.78 is 0. The highest BCUT2D eigenvalue weighted by atomic mass is 35.5. The van der Waals surface area contributed by atoms with Crippen molar-refractivity contribution in [3.05, 3.63) is 22.8 Å². The van der Waals surface area contributed by atoms with Crippen LogP contribution in [0.4, 0.5) is 5.82 Å². The zero-order valence-corrected chi connectivity index (χ0v) is 10.8. The smallest absolute Gasteiger partial charge is 0.161 e. The molecule has 0 aliphatic carbocycles. The molecule has 2 heterocycles. The number of halogens is 1. The lowest BCUT2D eigenvalue weighted by Crippen LogP contribution is -2.47. The Kier molecular flexibility index (Phi) is 4.37. The minimum atomic E-state index is 0.192. The second-order valence-corrected chi connectivity index (χ2v) is 4.57. The van der Waals surface area contributed by atoms with Crippen molar-refractivity contribution in [3.8, 4) is 6.07 Å². The van der Waals surface area contributed by atoms with Gasteiger partial charge in [-0.2, -0.15) is 5.26 Å². The Balaban J connectivity index is 2.04. The minimum absolute atomic E-state index is 0.192. The van der Waals surface area contributed by atoms with E-state index in [-0.39, 0.29) is 12.3 Å². The van der Waals surface area contributed by atoms with Crippen molar-refractivity contribution in [2.24, 2.45) is 0 Å². The molecule has 1 saturated heterocycles. The van der Waals surface area contributed by atoms with Crippen molar-refractivity contribution in [2.75, 3.05) is 44.2 Å². The molecule has 0 unspecified atom stereocenters. The maximum absolute atomic E-state index is 8.90. The first kappa shape index (κ1) is 13.1. The van der Waals surface area contributed by atoms with E-state index in [1.165, 1.54) is 0 Å². The molecule has 96 valence electrons. The van der Waals surface area contributed by atoms with Gasteiger partial charge >= 0.3 is 0 Å². The molecule has 1 fully saturated rings. The van der Waals surface area contributed by atoms with Gasteiger partial charge in [0, 0.05) is 32.7 Å². The molecule has 2 rings (SSSR count). The van der Waals surface area contributed by atoms with Gasteiger partial charge in [-0.25, -0.2) is 4.98 Å². The van der Waals surface area contributed by atoms with Gasteiger partial charge in [0.05, 0.1) is 11.6 Å². The average molecular weight is 267 g/mol. The Labute approximate surface area is 111 Å². The van der Waals surface area contributed by atoms with Crippen molar-refractivity contribution in [1.29, 1.82) is 5.26 Å². The Morgan fingerprint density at radius 3 is 2.67 bits per heavy atom. The predicted molar refractivity (Wildman–Crippen MR) is 69.7 cm³/mol. The highest BCUT2D eigenvalue weighted by molar-refractivity contribution is 6.31. The highest BCUT2D eigenvalue weighted by Crippen LogP contribution is 2.19. The number of hydrogen-bond acceptors (Lipinski definition) is 5. The van der Waals surface area contributed by atoms with Gasteiger partial charge in [-0.05, 0) is 12.1 Å². The molecule has 0 bridgehead atoms. The molecule has 0 amide bonds. The van der Waals surface area contributed by atoms with Crippen LogP contribution >= 0.6 is 11.6 Å². The summed E-state index contributed by atoms with van der Waals surface area (Å²) in [6, 6.07) is 5.54. The third-order valence-corrected chi connectivity index (χ3v) is 3.35. The van der Waals surface area contributed by atoms with Crippen LogP contribution in [-0.2, 0) is 0 Å². The van der Waals surface area contributed by atoms with Crippen LogP contribution in [0.5, 0.6) is 0 Å². The van der Waals surface area contributed by atoms with E-state index in [0.29, 0.717) is 11.6 Å². The molecule has 5 nitrogen and oxygen atoms in total. The van der Waals surface area contributed by atoms with Crippen molar-refractivity contribution in [3.63, 3.8) is 0 Å². The molecule has 0 saturated carbocycles. The van der Waals surface area contributed by atoms with Crippen LogP contribution in [0.25, 0.3) is 0 Å². The van der Waals surface area contributed by atoms with Crippen molar-refractivity contribution >= 4 is 17.4 Å². The molecule has 6 heteroatoms. The molecule has 1 N–H and O–H groups in total. The third kappa shape index (κ3) is 2.91. The normalized spacial score (nSPS) is 16.6. The van der Waals surface area contributed by atoms with E-state index in [0.717, 1.165) is 32.0 Å². The van der Waals surface area contributed by atoms with E-state index in [1.54, 1.807) is 6.07 Å². The number of aliphatic hydroxyl groups is 1. The summed E-state index contributed by atoms with van der Waals surface area (Å²) in [5.74, 6) is 0.791. The minimum Gasteiger partial charge on any atom is -0.395 e. The first-order chi connectivity index (χ1) is 8.74. The van der Waals surface area contributed by atoms with E-state index in [2.05, 4.69) is 14.8 Å². The number of anilines is 1. The fourth-order valence-electron chi connectivity index (χ4n) is 2.03. The number of nitrogens with zero attached hydrogens (tertiary/aromatic N) is 4. The summed E-state index contributed by atoms with van der Waals surface area (Å²) in [4.78, 5) is 8.59. The van der Waals surface area contributed by atoms with E-state index >= 15 is 0 Å². The molecule has 0 spiro atoms. The maximum atomic E-state index is 8.90. The SMILES string of the molecule is N#Cc1nc(N2CCN(CCO)CC2)ccc1Cl. The third-order valence-electron chi connectivity index (χ3n) is 3.05. The number of β-amino-alcohol motifs (C(OH)–C–C–N with tert-alkyl or cyclic N) is 1. The van der Waals surface area contributed by atoms with Gasteiger partial charge in [-0.15, -0.1) is 0 Å². The van der Waals surface area contributed by atoms with Crippen LogP contribution in [0.2, 0.25) is 5.02 Å². The lowest BCUT2D eigenvalue weighted by Gasteiger charge is -2.35. The molecular formula is C12H15ClN4O. The van der Waals surface area contributed by atoms with E-state index < -0.39 is 0 Å². The van der Waals surface area contributed by atoms with Crippen LogP contribution in [0, 0.1) is 11.3 Å². The summed E-state index contributed by atoms with van der Waals surface area (Å²) in [5, 5.41) is 18.2.